The number of anilines is 2. The molecule has 0 aromatic carbocycles. The molecule has 1 aliphatic rings. The molecule has 0 bridgehead atoms. The SMILES string of the molecule is CN(c1snc(N)c1-c1ccncc1)C1CCCC1. The molecule has 2 heterocycles. The van der Waals surface area contributed by atoms with E-state index in [4.69, 9.17) is 5.73 Å². The molecule has 1 saturated carbocycles. The highest BCUT2D eigenvalue weighted by atomic mass is 32.1. The average Bonchev–Trinajstić information content (AvgIpc) is 3.08. The second-order valence-electron chi connectivity index (χ2n) is 5.03. The second-order valence-corrected chi connectivity index (χ2v) is 5.78. The van der Waals surface area contributed by atoms with E-state index < -0.39 is 0 Å². The van der Waals surface area contributed by atoms with Crippen LogP contribution in [0, 0.1) is 0 Å². The maximum atomic E-state index is 6.06. The molecule has 2 aromatic rings. The van der Waals surface area contributed by atoms with Crippen LogP contribution in [0.15, 0.2) is 24.5 Å². The fourth-order valence-electron chi connectivity index (χ4n) is 2.78. The number of nitrogen functional groups attached to an aromatic ring is 1. The van der Waals surface area contributed by atoms with Crippen molar-refractivity contribution in [3.8, 4) is 11.1 Å². The van der Waals surface area contributed by atoms with Crippen LogP contribution in [0.5, 0.6) is 0 Å². The van der Waals surface area contributed by atoms with Gasteiger partial charge in [-0.1, -0.05) is 12.8 Å². The third-order valence-electron chi connectivity index (χ3n) is 3.86. The molecule has 3 rings (SSSR count). The highest BCUT2D eigenvalue weighted by molar-refractivity contribution is 7.11. The van der Waals surface area contributed by atoms with Crippen LogP contribution < -0.4 is 10.6 Å². The average molecular weight is 274 g/mol. The van der Waals surface area contributed by atoms with Gasteiger partial charge in [-0.05, 0) is 42.1 Å². The van der Waals surface area contributed by atoms with Crippen molar-refractivity contribution in [2.45, 2.75) is 31.7 Å². The largest absolute Gasteiger partial charge is 0.382 e. The van der Waals surface area contributed by atoms with Gasteiger partial charge in [0.25, 0.3) is 0 Å². The number of aromatic nitrogens is 2. The summed E-state index contributed by atoms with van der Waals surface area (Å²) in [7, 11) is 2.16. The summed E-state index contributed by atoms with van der Waals surface area (Å²) in [5.74, 6) is 0.621. The van der Waals surface area contributed by atoms with E-state index in [0.717, 1.165) is 11.1 Å². The van der Waals surface area contributed by atoms with Gasteiger partial charge in [-0.25, -0.2) is 0 Å². The van der Waals surface area contributed by atoms with Gasteiger partial charge in [0, 0.05) is 25.5 Å². The zero-order valence-electron chi connectivity index (χ0n) is 11.0. The zero-order chi connectivity index (χ0) is 13.2. The molecule has 2 N–H and O–H groups in total. The van der Waals surface area contributed by atoms with Gasteiger partial charge in [0.1, 0.15) is 10.8 Å². The Morgan fingerprint density at radius 1 is 1.26 bits per heavy atom. The molecule has 0 saturated heterocycles. The molecule has 5 heteroatoms. The standard InChI is InChI=1S/C14H18N4S/c1-18(11-4-2-3-5-11)14-12(13(15)17-19-14)10-6-8-16-9-7-10/h6-9,11H,2-5H2,1H3,(H2,15,17). The number of nitrogens with zero attached hydrogens (tertiary/aromatic N) is 3. The summed E-state index contributed by atoms with van der Waals surface area (Å²) in [5, 5.41) is 1.18. The van der Waals surface area contributed by atoms with E-state index in [0.29, 0.717) is 11.9 Å². The van der Waals surface area contributed by atoms with Crippen LogP contribution in [0.1, 0.15) is 25.7 Å². The van der Waals surface area contributed by atoms with E-state index >= 15 is 0 Å². The number of rotatable bonds is 3. The van der Waals surface area contributed by atoms with Crippen molar-refractivity contribution in [3.63, 3.8) is 0 Å². The van der Waals surface area contributed by atoms with Crippen molar-refractivity contribution < 1.29 is 0 Å². The Hall–Kier alpha value is -1.62. The van der Waals surface area contributed by atoms with Crippen LogP contribution in [0.25, 0.3) is 11.1 Å². The highest BCUT2D eigenvalue weighted by Gasteiger charge is 2.24. The lowest BCUT2D eigenvalue weighted by atomic mass is 10.1. The molecule has 1 fully saturated rings. The maximum Gasteiger partial charge on any atom is 0.147 e. The fraction of sp³-hybridized carbons (Fsp3) is 0.429. The first-order chi connectivity index (χ1) is 9.27. The number of hydrogen-bond donors (Lipinski definition) is 1. The fourth-order valence-corrected chi connectivity index (χ4v) is 3.65. The highest BCUT2D eigenvalue weighted by Crippen LogP contribution is 2.41. The van der Waals surface area contributed by atoms with Crippen LogP contribution in [-0.2, 0) is 0 Å². The van der Waals surface area contributed by atoms with Crippen molar-refractivity contribution in [2.24, 2.45) is 0 Å². The Balaban J connectivity index is 1.98. The Bertz CT molecular complexity index is 546. The van der Waals surface area contributed by atoms with Crippen LogP contribution in [0.2, 0.25) is 0 Å². The molecule has 1 aliphatic carbocycles. The van der Waals surface area contributed by atoms with Crippen molar-refractivity contribution in [1.82, 2.24) is 9.36 Å². The zero-order valence-corrected chi connectivity index (χ0v) is 11.9. The Morgan fingerprint density at radius 3 is 2.63 bits per heavy atom. The van der Waals surface area contributed by atoms with Gasteiger partial charge in [-0.3, -0.25) is 4.98 Å². The van der Waals surface area contributed by atoms with Crippen LogP contribution in [0.4, 0.5) is 10.8 Å². The summed E-state index contributed by atoms with van der Waals surface area (Å²) in [6.07, 6.45) is 8.79. The van der Waals surface area contributed by atoms with Gasteiger partial charge in [0.2, 0.25) is 0 Å². The molecule has 0 amide bonds. The molecular formula is C14H18N4S. The van der Waals surface area contributed by atoms with Gasteiger partial charge in [0.15, 0.2) is 0 Å². The van der Waals surface area contributed by atoms with E-state index in [1.807, 2.05) is 12.1 Å². The molecule has 100 valence electrons. The minimum atomic E-state index is 0.621. The topological polar surface area (TPSA) is 55.0 Å². The minimum Gasteiger partial charge on any atom is -0.382 e. The number of pyridine rings is 1. The summed E-state index contributed by atoms with van der Waals surface area (Å²) in [6.45, 7) is 0. The Morgan fingerprint density at radius 2 is 1.95 bits per heavy atom. The minimum absolute atomic E-state index is 0.621. The number of hydrogen-bond acceptors (Lipinski definition) is 5. The van der Waals surface area contributed by atoms with Crippen LogP contribution in [-0.4, -0.2) is 22.4 Å². The normalized spacial score (nSPS) is 15.8. The summed E-state index contributed by atoms with van der Waals surface area (Å²) < 4.78 is 4.34. The summed E-state index contributed by atoms with van der Waals surface area (Å²) in [4.78, 5) is 6.42. The van der Waals surface area contributed by atoms with Gasteiger partial charge < -0.3 is 10.6 Å². The molecule has 19 heavy (non-hydrogen) atoms. The van der Waals surface area contributed by atoms with Crippen molar-refractivity contribution in [2.75, 3.05) is 17.7 Å². The summed E-state index contributed by atoms with van der Waals surface area (Å²) in [6, 6.07) is 4.61. The smallest absolute Gasteiger partial charge is 0.147 e. The molecular weight excluding hydrogens is 256 g/mol. The van der Waals surface area contributed by atoms with Gasteiger partial charge in [-0.2, -0.15) is 4.37 Å². The van der Waals surface area contributed by atoms with Crippen molar-refractivity contribution in [3.05, 3.63) is 24.5 Å². The quantitative estimate of drug-likeness (QED) is 0.934. The van der Waals surface area contributed by atoms with Gasteiger partial charge >= 0.3 is 0 Å². The third-order valence-corrected chi connectivity index (χ3v) is 4.82. The lowest BCUT2D eigenvalue weighted by molar-refractivity contribution is 0.658. The molecule has 0 aliphatic heterocycles. The van der Waals surface area contributed by atoms with E-state index in [1.54, 1.807) is 12.4 Å². The van der Waals surface area contributed by atoms with Crippen molar-refractivity contribution in [1.29, 1.82) is 0 Å². The Labute approximate surface area is 117 Å². The summed E-state index contributed by atoms with van der Waals surface area (Å²) in [5.41, 5.74) is 8.22. The lowest BCUT2D eigenvalue weighted by Gasteiger charge is -2.25. The second kappa shape index (κ2) is 5.17. The molecule has 4 nitrogen and oxygen atoms in total. The predicted molar refractivity (Wildman–Crippen MR) is 80.4 cm³/mol. The van der Waals surface area contributed by atoms with Crippen LogP contribution in [0.3, 0.4) is 0 Å². The third kappa shape index (κ3) is 2.30. The monoisotopic (exact) mass is 274 g/mol. The first kappa shape index (κ1) is 12.4. The molecule has 2 aromatic heterocycles. The van der Waals surface area contributed by atoms with E-state index in [9.17, 15) is 0 Å². The molecule has 0 radical (unpaired) electrons. The first-order valence-corrected chi connectivity index (χ1v) is 7.43. The predicted octanol–water partition coefficient (Wildman–Crippen LogP) is 3.17. The lowest BCUT2D eigenvalue weighted by Crippen LogP contribution is -2.28. The number of nitrogens with two attached hydrogens (primary N) is 1. The van der Waals surface area contributed by atoms with E-state index in [-0.39, 0.29) is 0 Å². The molecule has 0 unspecified atom stereocenters. The first-order valence-electron chi connectivity index (χ1n) is 6.65. The molecule has 0 spiro atoms. The summed E-state index contributed by atoms with van der Waals surface area (Å²) >= 11 is 1.50. The maximum absolute atomic E-state index is 6.06. The molecule has 0 atom stereocenters. The van der Waals surface area contributed by atoms with E-state index in [1.165, 1.54) is 42.2 Å². The van der Waals surface area contributed by atoms with Gasteiger partial charge in [0.05, 0.1) is 5.56 Å². The van der Waals surface area contributed by atoms with E-state index in [2.05, 4.69) is 21.3 Å². The van der Waals surface area contributed by atoms with Crippen molar-refractivity contribution >= 4 is 22.4 Å². The van der Waals surface area contributed by atoms with Crippen LogP contribution >= 0.6 is 11.5 Å². The van der Waals surface area contributed by atoms with Gasteiger partial charge in [-0.15, -0.1) is 0 Å². The Kier molecular flexibility index (Phi) is 3.38.